The largest absolute Gasteiger partial charge is 0.359 e. The molecule has 0 radical (unpaired) electrons. The summed E-state index contributed by atoms with van der Waals surface area (Å²) >= 11 is 0. The highest BCUT2D eigenvalue weighted by Crippen LogP contribution is 1.74. The van der Waals surface area contributed by atoms with E-state index in [1.54, 1.807) is 7.05 Å². The van der Waals surface area contributed by atoms with Crippen molar-refractivity contribution in [1.29, 1.82) is 0 Å². The third kappa shape index (κ3) is 3.95. The maximum absolute atomic E-state index is 3.92. The summed E-state index contributed by atoms with van der Waals surface area (Å²) in [6.45, 7) is 2.08. The zero-order chi connectivity index (χ0) is 7.82. The maximum Gasteiger partial charge on any atom is 0.194 e. The Morgan fingerprint density at radius 1 is 1.60 bits per heavy atom. The lowest BCUT2D eigenvalue weighted by Crippen LogP contribution is -2.30. The second kappa shape index (κ2) is 6.13. The van der Waals surface area contributed by atoms with Crippen LogP contribution in [-0.2, 0) is 0 Å². The van der Waals surface area contributed by atoms with Crippen molar-refractivity contribution in [2.75, 3.05) is 14.1 Å². The van der Waals surface area contributed by atoms with Crippen LogP contribution in [-0.4, -0.2) is 20.1 Å². The maximum atomic E-state index is 3.92. The van der Waals surface area contributed by atoms with Crippen LogP contribution in [0.2, 0.25) is 0 Å². The quantitative estimate of drug-likeness (QED) is 0.439. The zero-order valence-corrected chi connectivity index (χ0v) is 6.81. The number of rotatable bonds is 2. The molecule has 58 valence electrons. The first-order chi connectivity index (χ1) is 4.85. The fourth-order valence-corrected chi connectivity index (χ4v) is 0.504. The molecule has 0 fully saturated rings. The molecule has 0 amide bonds. The van der Waals surface area contributed by atoms with Crippen molar-refractivity contribution < 1.29 is 0 Å². The fraction of sp³-hybridized carbons (Fsp3) is 0.571. The average molecular weight is 141 g/mol. The summed E-state index contributed by atoms with van der Waals surface area (Å²) in [6, 6.07) is 0. The molecule has 0 spiro atoms. The van der Waals surface area contributed by atoms with Gasteiger partial charge in [-0.05, 0) is 12.6 Å². The van der Waals surface area contributed by atoms with Crippen LogP contribution in [0.5, 0.6) is 0 Å². The highest BCUT2D eigenvalue weighted by atomic mass is 15.1. The molecule has 3 heteroatoms. The van der Waals surface area contributed by atoms with E-state index in [0.717, 1.165) is 12.4 Å². The van der Waals surface area contributed by atoms with Crippen molar-refractivity contribution in [3.05, 3.63) is 12.3 Å². The molecule has 0 saturated heterocycles. The van der Waals surface area contributed by atoms with Gasteiger partial charge in [-0.2, -0.15) is 0 Å². The summed E-state index contributed by atoms with van der Waals surface area (Å²) in [5, 5.41) is 5.88. The van der Waals surface area contributed by atoms with Gasteiger partial charge in [0.2, 0.25) is 0 Å². The minimum absolute atomic E-state index is 0.782. The second-order valence-corrected chi connectivity index (χ2v) is 1.78. The Hall–Kier alpha value is -0.990. The van der Waals surface area contributed by atoms with Crippen LogP contribution in [0.4, 0.5) is 0 Å². The molecule has 0 aromatic rings. The number of hydrogen-bond acceptors (Lipinski definition) is 1. The molecular formula is C7H15N3. The molecule has 0 aromatic heterocycles. The molecule has 0 aliphatic heterocycles. The Morgan fingerprint density at radius 3 is 2.70 bits per heavy atom. The van der Waals surface area contributed by atoms with Gasteiger partial charge in [-0.1, -0.05) is 13.0 Å². The van der Waals surface area contributed by atoms with E-state index in [0.29, 0.717) is 0 Å². The second-order valence-electron chi connectivity index (χ2n) is 1.78. The van der Waals surface area contributed by atoms with Crippen molar-refractivity contribution in [1.82, 2.24) is 10.6 Å². The molecule has 0 heterocycles. The molecule has 0 aliphatic rings. The van der Waals surface area contributed by atoms with E-state index in [9.17, 15) is 0 Å². The van der Waals surface area contributed by atoms with E-state index in [4.69, 9.17) is 0 Å². The van der Waals surface area contributed by atoms with Crippen LogP contribution >= 0.6 is 0 Å². The standard InChI is InChI=1S/C7H15N3/c1-4-5-6-10-7(8-2)9-3/h5-6H,4H2,1-3H3,(H2,8,9,10)/b6-5-. The minimum atomic E-state index is 0.782. The van der Waals surface area contributed by atoms with Crippen LogP contribution in [0, 0.1) is 0 Å². The van der Waals surface area contributed by atoms with Gasteiger partial charge in [0, 0.05) is 14.1 Å². The van der Waals surface area contributed by atoms with Gasteiger partial charge in [-0.25, -0.2) is 0 Å². The average Bonchev–Trinajstić information content (AvgIpc) is 1.99. The van der Waals surface area contributed by atoms with Crippen LogP contribution < -0.4 is 10.6 Å². The lowest BCUT2D eigenvalue weighted by molar-refractivity contribution is 1.04. The molecule has 0 aromatic carbocycles. The number of nitrogens with one attached hydrogen (secondary N) is 2. The smallest absolute Gasteiger partial charge is 0.194 e. The predicted molar refractivity (Wildman–Crippen MR) is 45.0 cm³/mol. The van der Waals surface area contributed by atoms with E-state index in [-0.39, 0.29) is 0 Å². The summed E-state index contributed by atoms with van der Waals surface area (Å²) in [4.78, 5) is 3.92. The SMILES string of the molecule is CC/C=C\NC(=NC)NC. The highest BCUT2D eigenvalue weighted by Gasteiger charge is 1.83. The predicted octanol–water partition coefficient (Wildman–Crippen LogP) is 0.705. The van der Waals surface area contributed by atoms with E-state index in [1.165, 1.54) is 0 Å². The summed E-state index contributed by atoms with van der Waals surface area (Å²) in [5.74, 6) is 0.782. The van der Waals surface area contributed by atoms with Gasteiger partial charge in [-0.3, -0.25) is 4.99 Å². The first kappa shape index (κ1) is 9.01. The normalized spacial score (nSPS) is 12.1. The van der Waals surface area contributed by atoms with Gasteiger partial charge in [0.05, 0.1) is 0 Å². The summed E-state index contributed by atoms with van der Waals surface area (Å²) in [6.07, 6.45) is 4.94. The van der Waals surface area contributed by atoms with Gasteiger partial charge in [0.1, 0.15) is 0 Å². The van der Waals surface area contributed by atoms with E-state index >= 15 is 0 Å². The Balaban J connectivity index is 3.55. The van der Waals surface area contributed by atoms with Crippen LogP contribution in [0.3, 0.4) is 0 Å². The summed E-state index contributed by atoms with van der Waals surface area (Å²) < 4.78 is 0. The molecular weight excluding hydrogens is 126 g/mol. The number of allylic oxidation sites excluding steroid dienone is 1. The topological polar surface area (TPSA) is 36.4 Å². The third-order valence-corrected chi connectivity index (χ3v) is 1.03. The van der Waals surface area contributed by atoms with Crippen molar-refractivity contribution in [2.45, 2.75) is 13.3 Å². The van der Waals surface area contributed by atoms with E-state index in [2.05, 4.69) is 22.5 Å². The monoisotopic (exact) mass is 141 g/mol. The molecule has 0 unspecified atom stereocenters. The van der Waals surface area contributed by atoms with Crippen molar-refractivity contribution in [3.8, 4) is 0 Å². The van der Waals surface area contributed by atoms with Crippen molar-refractivity contribution in [3.63, 3.8) is 0 Å². The van der Waals surface area contributed by atoms with E-state index < -0.39 is 0 Å². The van der Waals surface area contributed by atoms with Gasteiger partial charge >= 0.3 is 0 Å². The van der Waals surface area contributed by atoms with Crippen LogP contribution in [0.15, 0.2) is 17.3 Å². The van der Waals surface area contributed by atoms with Gasteiger partial charge < -0.3 is 10.6 Å². The van der Waals surface area contributed by atoms with Crippen molar-refractivity contribution >= 4 is 5.96 Å². The third-order valence-electron chi connectivity index (χ3n) is 1.03. The molecule has 0 bridgehead atoms. The summed E-state index contributed by atoms with van der Waals surface area (Å²) in [7, 11) is 3.56. The number of nitrogens with zero attached hydrogens (tertiary/aromatic N) is 1. The first-order valence-electron chi connectivity index (χ1n) is 3.41. The Morgan fingerprint density at radius 2 is 2.30 bits per heavy atom. The van der Waals surface area contributed by atoms with Crippen LogP contribution in [0.25, 0.3) is 0 Å². The Kier molecular flexibility index (Phi) is 5.53. The fourth-order valence-electron chi connectivity index (χ4n) is 0.504. The molecule has 0 aliphatic carbocycles. The van der Waals surface area contributed by atoms with Gasteiger partial charge in [-0.15, -0.1) is 0 Å². The van der Waals surface area contributed by atoms with E-state index in [1.807, 2.05) is 19.3 Å². The first-order valence-corrected chi connectivity index (χ1v) is 3.41. The molecule has 2 N–H and O–H groups in total. The molecule has 0 rings (SSSR count). The Bertz CT molecular complexity index is 127. The molecule has 10 heavy (non-hydrogen) atoms. The lowest BCUT2D eigenvalue weighted by atomic mass is 10.5. The minimum Gasteiger partial charge on any atom is -0.359 e. The van der Waals surface area contributed by atoms with Gasteiger partial charge in [0.25, 0.3) is 0 Å². The zero-order valence-electron chi connectivity index (χ0n) is 6.81. The lowest BCUT2D eigenvalue weighted by Gasteiger charge is -2.01. The molecule has 0 atom stereocenters. The van der Waals surface area contributed by atoms with Gasteiger partial charge in [0.15, 0.2) is 5.96 Å². The Labute approximate surface area is 62.2 Å². The van der Waals surface area contributed by atoms with Crippen LogP contribution in [0.1, 0.15) is 13.3 Å². The number of aliphatic imine (C=N–C) groups is 1. The highest BCUT2D eigenvalue weighted by molar-refractivity contribution is 5.80. The summed E-state index contributed by atoms with van der Waals surface area (Å²) in [5.41, 5.74) is 0. The molecule has 3 nitrogen and oxygen atoms in total. The number of hydrogen-bond donors (Lipinski definition) is 2. The number of guanidine groups is 1. The molecule has 0 saturated carbocycles. The van der Waals surface area contributed by atoms with Crippen molar-refractivity contribution in [2.24, 2.45) is 4.99 Å².